The molecule has 0 aromatic rings. The van der Waals surface area contributed by atoms with Crippen molar-refractivity contribution in [1.82, 2.24) is 10.2 Å². The summed E-state index contributed by atoms with van der Waals surface area (Å²) in [6.45, 7) is 2.93. The average molecular weight is 227 g/mol. The molecule has 16 heavy (non-hydrogen) atoms. The highest BCUT2D eigenvalue weighted by atomic mass is 16.1. The molecule has 0 heterocycles. The first kappa shape index (κ1) is 13.5. The van der Waals surface area contributed by atoms with Crippen LogP contribution in [0.5, 0.6) is 0 Å². The Morgan fingerprint density at radius 1 is 1.38 bits per heavy atom. The molecule has 0 aliphatic heterocycles. The Balaban J connectivity index is 2.29. The van der Waals surface area contributed by atoms with Gasteiger partial charge in [-0.25, -0.2) is 0 Å². The van der Waals surface area contributed by atoms with Gasteiger partial charge in [-0.05, 0) is 46.7 Å². The van der Waals surface area contributed by atoms with Crippen LogP contribution in [-0.4, -0.2) is 43.5 Å². The Morgan fingerprint density at radius 3 is 2.44 bits per heavy atom. The first-order chi connectivity index (χ1) is 7.49. The van der Waals surface area contributed by atoms with E-state index in [2.05, 4.69) is 10.2 Å². The van der Waals surface area contributed by atoms with Gasteiger partial charge in [0.15, 0.2) is 0 Å². The van der Waals surface area contributed by atoms with Crippen molar-refractivity contribution in [2.75, 3.05) is 20.6 Å². The van der Waals surface area contributed by atoms with E-state index in [1.165, 1.54) is 0 Å². The monoisotopic (exact) mass is 227 g/mol. The van der Waals surface area contributed by atoms with Gasteiger partial charge in [0.1, 0.15) is 0 Å². The summed E-state index contributed by atoms with van der Waals surface area (Å²) in [7, 11) is 4.03. The van der Waals surface area contributed by atoms with Gasteiger partial charge in [-0.3, -0.25) is 4.79 Å². The molecule has 4 nitrogen and oxygen atoms in total. The van der Waals surface area contributed by atoms with Crippen LogP contribution in [0.2, 0.25) is 0 Å². The molecular weight excluding hydrogens is 202 g/mol. The summed E-state index contributed by atoms with van der Waals surface area (Å²) in [6.07, 6.45) is 3.86. The summed E-state index contributed by atoms with van der Waals surface area (Å²) < 4.78 is 0. The van der Waals surface area contributed by atoms with Crippen LogP contribution in [0.25, 0.3) is 0 Å². The molecule has 1 saturated carbocycles. The second kappa shape index (κ2) is 6.21. The third-order valence-corrected chi connectivity index (χ3v) is 3.17. The van der Waals surface area contributed by atoms with Gasteiger partial charge in [0.2, 0.25) is 5.91 Å². The topological polar surface area (TPSA) is 58.4 Å². The van der Waals surface area contributed by atoms with Crippen LogP contribution in [0.15, 0.2) is 0 Å². The first-order valence-corrected chi connectivity index (χ1v) is 6.19. The number of nitrogens with zero attached hydrogens (tertiary/aromatic N) is 1. The van der Waals surface area contributed by atoms with Gasteiger partial charge in [0.25, 0.3) is 0 Å². The van der Waals surface area contributed by atoms with Crippen molar-refractivity contribution < 1.29 is 4.79 Å². The summed E-state index contributed by atoms with van der Waals surface area (Å²) in [4.78, 5) is 14.0. The van der Waals surface area contributed by atoms with E-state index in [0.717, 1.165) is 32.2 Å². The van der Waals surface area contributed by atoms with Gasteiger partial charge in [0, 0.05) is 24.5 Å². The second-order valence-corrected chi connectivity index (χ2v) is 5.28. The van der Waals surface area contributed by atoms with Crippen LogP contribution in [0.4, 0.5) is 0 Å². The van der Waals surface area contributed by atoms with E-state index in [-0.39, 0.29) is 17.9 Å². The number of nitrogens with one attached hydrogen (secondary N) is 1. The van der Waals surface area contributed by atoms with Crippen LogP contribution < -0.4 is 11.1 Å². The number of likely N-dealkylation sites (N-methyl/N-ethyl adjacent to an activating group) is 1. The zero-order valence-electron chi connectivity index (χ0n) is 10.7. The zero-order chi connectivity index (χ0) is 12.1. The minimum Gasteiger partial charge on any atom is -0.352 e. The van der Waals surface area contributed by atoms with Crippen LogP contribution in [-0.2, 0) is 4.79 Å². The molecule has 0 aromatic heterocycles. The third kappa shape index (κ3) is 4.49. The number of amides is 1. The molecule has 0 bridgehead atoms. The maximum absolute atomic E-state index is 11.9. The van der Waals surface area contributed by atoms with Crippen molar-refractivity contribution in [2.45, 2.75) is 44.7 Å². The number of rotatable bonds is 4. The Labute approximate surface area is 98.6 Å². The largest absolute Gasteiger partial charge is 0.352 e. The maximum atomic E-state index is 11.9. The number of nitrogens with two attached hydrogens (primary N) is 1. The standard InChI is InChI=1S/C12H25N3O/c1-9(8-15(2)3)14-12(16)10-4-6-11(13)7-5-10/h9-11H,4-8,13H2,1-3H3,(H,14,16). The lowest BCUT2D eigenvalue weighted by Crippen LogP contribution is -2.43. The highest BCUT2D eigenvalue weighted by molar-refractivity contribution is 5.79. The molecule has 1 amide bonds. The molecule has 1 atom stereocenters. The fourth-order valence-electron chi connectivity index (χ4n) is 2.34. The van der Waals surface area contributed by atoms with Crippen molar-refractivity contribution in [3.8, 4) is 0 Å². The smallest absolute Gasteiger partial charge is 0.223 e. The number of hydrogen-bond acceptors (Lipinski definition) is 3. The maximum Gasteiger partial charge on any atom is 0.223 e. The van der Waals surface area contributed by atoms with Crippen molar-refractivity contribution in [3.63, 3.8) is 0 Å². The lowest BCUT2D eigenvalue weighted by molar-refractivity contribution is -0.126. The Hall–Kier alpha value is -0.610. The van der Waals surface area contributed by atoms with Crippen LogP contribution in [0, 0.1) is 5.92 Å². The molecule has 1 aliphatic rings. The van der Waals surface area contributed by atoms with Gasteiger partial charge in [-0.1, -0.05) is 0 Å². The molecule has 1 fully saturated rings. The molecule has 94 valence electrons. The van der Waals surface area contributed by atoms with Gasteiger partial charge < -0.3 is 16.0 Å². The molecule has 4 heteroatoms. The molecule has 1 rings (SSSR count). The van der Waals surface area contributed by atoms with Crippen LogP contribution >= 0.6 is 0 Å². The molecular formula is C12H25N3O. The Bertz CT molecular complexity index is 222. The molecule has 3 N–H and O–H groups in total. The lowest BCUT2D eigenvalue weighted by Gasteiger charge is -2.27. The first-order valence-electron chi connectivity index (χ1n) is 6.19. The number of hydrogen-bond donors (Lipinski definition) is 2. The molecule has 0 saturated heterocycles. The van der Waals surface area contributed by atoms with Crippen LogP contribution in [0.1, 0.15) is 32.6 Å². The summed E-state index contributed by atoms with van der Waals surface area (Å²) in [5.74, 6) is 0.394. The van der Waals surface area contributed by atoms with Crippen molar-refractivity contribution in [1.29, 1.82) is 0 Å². The molecule has 1 aliphatic carbocycles. The quantitative estimate of drug-likeness (QED) is 0.738. The van der Waals surface area contributed by atoms with E-state index < -0.39 is 0 Å². The lowest BCUT2D eigenvalue weighted by atomic mass is 9.86. The molecule has 0 radical (unpaired) electrons. The van der Waals surface area contributed by atoms with Crippen molar-refractivity contribution in [3.05, 3.63) is 0 Å². The van der Waals surface area contributed by atoms with E-state index in [4.69, 9.17) is 5.73 Å². The van der Waals surface area contributed by atoms with Crippen molar-refractivity contribution >= 4 is 5.91 Å². The van der Waals surface area contributed by atoms with E-state index in [0.29, 0.717) is 6.04 Å². The van der Waals surface area contributed by atoms with Gasteiger partial charge in [0.05, 0.1) is 0 Å². The van der Waals surface area contributed by atoms with E-state index >= 15 is 0 Å². The van der Waals surface area contributed by atoms with Crippen LogP contribution in [0.3, 0.4) is 0 Å². The molecule has 1 unspecified atom stereocenters. The van der Waals surface area contributed by atoms with Gasteiger partial charge >= 0.3 is 0 Å². The Morgan fingerprint density at radius 2 is 1.94 bits per heavy atom. The highest BCUT2D eigenvalue weighted by Crippen LogP contribution is 2.23. The Kier molecular flexibility index (Phi) is 5.22. The van der Waals surface area contributed by atoms with Crippen molar-refractivity contribution in [2.24, 2.45) is 11.7 Å². The van der Waals surface area contributed by atoms with Gasteiger partial charge in [-0.15, -0.1) is 0 Å². The summed E-state index contributed by atoms with van der Waals surface area (Å²) in [6, 6.07) is 0.529. The zero-order valence-corrected chi connectivity index (χ0v) is 10.7. The van der Waals surface area contributed by atoms with E-state index in [9.17, 15) is 4.79 Å². The minimum atomic E-state index is 0.185. The average Bonchev–Trinajstić information content (AvgIpc) is 2.16. The summed E-state index contributed by atoms with van der Waals surface area (Å²) in [5, 5.41) is 3.07. The predicted molar refractivity (Wildman–Crippen MR) is 66.1 cm³/mol. The van der Waals surface area contributed by atoms with E-state index in [1.807, 2.05) is 21.0 Å². The molecule has 0 spiro atoms. The summed E-state index contributed by atoms with van der Waals surface area (Å²) >= 11 is 0. The summed E-state index contributed by atoms with van der Waals surface area (Å²) in [5.41, 5.74) is 5.83. The SMILES string of the molecule is CC(CN(C)C)NC(=O)C1CCC(N)CC1. The fourth-order valence-corrected chi connectivity index (χ4v) is 2.34. The third-order valence-electron chi connectivity index (χ3n) is 3.17. The molecule has 0 aromatic carbocycles. The number of carbonyl (C=O) groups excluding carboxylic acids is 1. The number of carbonyl (C=O) groups is 1. The van der Waals surface area contributed by atoms with Gasteiger partial charge in [-0.2, -0.15) is 0 Å². The normalized spacial score (nSPS) is 27.8. The predicted octanol–water partition coefficient (Wildman–Crippen LogP) is 0.570. The fraction of sp³-hybridized carbons (Fsp3) is 0.917. The minimum absolute atomic E-state index is 0.185. The highest BCUT2D eigenvalue weighted by Gasteiger charge is 2.25. The van der Waals surface area contributed by atoms with E-state index in [1.54, 1.807) is 0 Å². The second-order valence-electron chi connectivity index (χ2n) is 5.28.